The molecule has 2 unspecified atom stereocenters. The van der Waals surface area contributed by atoms with Crippen LogP contribution in [0.25, 0.3) is 0 Å². The number of carbonyl (C=O) groups excluding carboxylic acids is 1. The van der Waals surface area contributed by atoms with Gasteiger partial charge in [0.15, 0.2) is 0 Å². The Bertz CT molecular complexity index is 1210. The molecule has 1 heterocycles. The maximum Gasteiger partial charge on any atom is 0.336 e. The van der Waals surface area contributed by atoms with Crippen LogP contribution in [0.2, 0.25) is 5.02 Å². The second kappa shape index (κ2) is 12.9. The minimum atomic E-state index is -3.49. The topological polar surface area (TPSA) is 71.1 Å². The average Bonchev–Trinajstić information content (AvgIpc) is 2.84. The first-order chi connectivity index (χ1) is 17.6. The fourth-order valence-electron chi connectivity index (χ4n) is 4.56. The Morgan fingerprint density at radius 3 is 2.38 bits per heavy atom. The van der Waals surface area contributed by atoms with E-state index in [1.807, 2.05) is 51.2 Å². The highest BCUT2D eigenvalue weighted by molar-refractivity contribution is 7.61. The third-order valence-electron chi connectivity index (χ3n) is 6.26. The first-order valence-electron chi connectivity index (χ1n) is 12.3. The summed E-state index contributed by atoms with van der Waals surface area (Å²) in [6.07, 6.45) is 0. The molecule has 1 N–H and O–H groups in total. The van der Waals surface area contributed by atoms with Gasteiger partial charge >= 0.3 is 13.5 Å². The Hall–Kier alpha value is -2.41. The van der Waals surface area contributed by atoms with Crippen molar-refractivity contribution < 1.29 is 18.6 Å². The fraction of sp³-hybridized carbons (Fsp3) is 0.393. The van der Waals surface area contributed by atoms with Gasteiger partial charge in [-0.3, -0.25) is 9.46 Å². The molecule has 2 aromatic rings. The first kappa shape index (κ1) is 29.2. The number of hydrogen-bond donors (Lipinski definition) is 1. The van der Waals surface area contributed by atoms with Crippen molar-refractivity contribution in [3.63, 3.8) is 0 Å². The summed E-state index contributed by atoms with van der Waals surface area (Å²) < 4.78 is 27.5. The number of rotatable bonds is 11. The lowest BCUT2D eigenvalue weighted by Crippen LogP contribution is -2.32. The largest absolute Gasteiger partial charge is 0.461 e. The average molecular weight is 546 g/mol. The van der Waals surface area contributed by atoms with Crippen LogP contribution in [0.5, 0.6) is 0 Å². The van der Waals surface area contributed by atoms with Crippen molar-refractivity contribution >= 4 is 25.1 Å². The van der Waals surface area contributed by atoms with Crippen LogP contribution in [-0.2, 0) is 25.2 Å². The smallest absolute Gasteiger partial charge is 0.336 e. The Morgan fingerprint density at radius 2 is 1.76 bits per heavy atom. The third kappa shape index (κ3) is 6.92. The monoisotopic (exact) mass is 545 g/mol. The summed E-state index contributed by atoms with van der Waals surface area (Å²) in [5.74, 6) is -1.11. The molecule has 0 bridgehead atoms. The number of allylic oxidation sites excluding steroid dienone is 3. The molecule has 3 rings (SSSR count). The molecule has 9 heteroatoms. The molecule has 1 aliphatic rings. The highest BCUT2D eigenvalue weighted by atomic mass is 35.5. The molecule has 0 aromatic heterocycles. The SMILES string of the molecule is CCOP(=O)(C1=C(C)NC(C)=C(C(=O)OCCN(C)Cc2ccccc2)C1c1cccc(Cl)c1)N(C)C. The lowest BCUT2D eigenvalue weighted by atomic mass is 9.86. The van der Waals surface area contributed by atoms with E-state index in [9.17, 15) is 9.36 Å². The van der Waals surface area contributed by atoms with Crippen LogP contribution in [-0.4, -0.2) is 56.4 Å². The van der Waals surface area contributed by atoms with Gasteiger partial charge in [0.05, 0.1) is 23.4 Å². The van der Waals surface area contributed by atoms with Gasteiger partial charge in [-0.05, 0) is 65.2 Å². The van der Waals surface area contributed by atoms with Gasteiger partial charge in [-0.25, -0.2) is 9.46 Å². The van der Waals surface area contributed by atoms with Gasteiger partial charge < -0.3 is 14.6 Å². The van der Waals surface area contributed by atoms with Crippen molar-refractivity contribution in [2.75, 3.05) is 40.9 Å². The number of carbonyl (C=O) groups is 1. The summed E-state index contributed by atoms with van der Waals surface area (Å²) >= 11 is 6.35. The molecule has 0 amide bonds. The van der Waals surface area contributed by atoms with Gasteiger partial charge in [-0.15, -0.1) is 0 Å². The summed E-state index contributed by atoms with van der Waals surface area (Å²) in [5.41, 5.74) is 3.67. The van der Waals surface area contributed by atoms with E-state index in [2.05, 4.69) is 22.3 Å². The molecule has 0 spiro atoms. The molecule has 1 aliphatic heterocycles. The molecule has 0 aliphatic carbocycles. The maximum absolute atomic E-state index is 14.3. The van der Waals surface area contributed by atoms with Crippen LogP contribution < -0.4 is 5.32 Å². The number of nitrogens with one attached hydrogen (secondary N) is 1. The number of dihydropyridines is 1. The minimum Gasteiger partial charge on any atom is -0.461 e. The zero-order valence-electron chi connectivity index (χ0n) is 22.5. The number of halogens is 1. The van der Waals surface area contributed by atoms with Crippen LogP contribution in [0, 0.1) is 0 Å². The van der Waals surface area contributed by atoms with Crippen LogP contribution >= 0.6 is 19.1 Å². The van der Waals surface area contributed by atoms with Crippen LogP contribution in [0.4, 0.5) is 0 Å². The Balaban J connectivity index is 1.91. The van der Waals surface area contributed by atoms with E-state index in [0.717, 1.165) is 12.1 Å². The van der Waals surface area contributed by atoms with Gasteiger partial charge in [0.25, 0.3) is 0 Å². The molecular formula is C28H37ClN3O4P. The summed E-state index contributed by atoms with van der Waals surface area (Å²) in [4.78, 5) is 15.7. The molecule has 37 heavy (non-hydrogen) atoms. The molecule has 7 nitrogen and oxygen atoms in total. The van der Waals surface area contributed by atoms with E-state index in [4.69, 9.17) is 20.9 Å². The predicted molar refractivity (Wildman–Crippen MR) is 149 cm³/mol. The van der Waals surface area contributed by atoms with Gasteiger partial charge in [-0.1, -0.05) is 54.1 Å². The summed E-state index contributed by atoms with van der Waals surface area (Å²) in [6.45, 7) is 7.28. The van der Waals surface area contributed by atoms with Crippen LogP contribution in [0.1, 0.15) is 37.8 Å². The highest BCUT2D eigenvalue weighted by Crippen LogP contribution is 2.64. The Labute approximate surface area is 225 Å². The Morgan fingerprint density at radius 1 is 1.05 bits per heavy atom. The second-order valence-corrected chi connectivity index (χ2v) is 12.3. The standard InChI is InChI=1S/C28H37ClN3O4P/c1-7-36-37(34,31(4)5)27-21(3)30-20(2)25(26(27)23-14-11-15-24(29)18-23)28(33)35-17-16-32(6)19-22-12-9-8-10-13-22/h8-15,18,26,30H,7,16-17,19H2,1-6H3. The number of esters is 1. The lowest BCUT2D eigenvalue weighted by Gasteiger charge is -2.37. The quantitative estimate of drug-likeness (QED) is 0.274. The van der Waals surface area contributed by atoms with Crippen molar-refractivity contribution in [3.05, 3.63) is 93.0 Å². The molecule has 0 fully saturated rings. The van der Waals surface area contributed by atoms with Crippen LogP contribution in [0.15, 0.2) is 76.9 Å². The first-order valence-corrected chi connectivity index (χ1v) is 14.3. The Kier molecular flexibility index (Phi) is 10.2. The van der Waals surface area contributed by atoms with Crippen molar-refractivity contribution in [2.24, 2.45) is 0 Å². The van der Waals surface area contributed by atoms with Gasteiger partial charge in [0, 0.05) is 29.5 Å². The van der Waals surface area contributed by atoms with Crippen molar-refractivity contribution in [2.45, 2.75) is 33.2 Å². The minimum absolute atomic E-state index is 0.218. The molecule has 0 saturated heterocycles. The second-order valence-electron chi connectivity index (χ2n) is 9.31. The molecule has 200 valence electrons. The summed E-state index contributed by atoms with van der Waals surface area (Å²) in [5, 5.41) is 4.30. The van der Waals surface area contributed by atoms with E-state index >= 15 is 0 Å². The number of nitrogens with zero attached hydrogens (tertiary/aromatic N) is 2. The fourth-order valence-corrected chi connectivity index (χ4v) is 6.99. The maximum atomic E-state index is 14.3. The molecule has 0 radical (unpaired) electrons. The van der Waals surface area contributed by atoms with Gasteiger partial charge in [0.1, 0.15) is 6.61 Å². The summed E-state index contributed by atoms with van der Waals surface area (Å²) in [7, 11) is 1.94. The van der Waals surface area contributed by atoms with E-state index in [0.29, 0.717) is 33.8 Å². The summed E-state index contributed by atoms with van der Waals surface area (Å²) in [6, 6.07) is 17.4. The van der Waals surface area contributed by atoms with Gasteiger partial charge in [0.2, 0.25) is 0 Å². The third-order valence-corrected chi connectivity index (χ3v) is 9.36. The zero-order chi connectivity index (χ0) is 27.2. The normalized spacial score (nSPS) is 17.7. The number of likely N-dealkylation sites (N-methyl/N-ethyl adjacent to an activating group) is 1. The number of benzene rings is 2. The van der Waals surface area contributed by atoms with E-state index in [-0.39, 0.29) is 13.2 Å². The van der Waals surface area contributed by atoms with E-state index in [1.165, 1.54) is 5.56 Å². The van der Waals surface area contributed by atoms with Crippen molar-refractivity contribution in [1.29, 1.82) is 0 Å². The molecule has 2 aromatic carbocycles. The van der Waals surface area contributed by atoms with E-state index in [1.54, 1.807) is 37.8 Å². The number of hydrogen-bond acceptors (Lipinski definition) is 6. The predicted octanol–water partition coefficient (Wildman–Crippen LogP) is 6.00. The van der Waals surface area contributed by atoms with Crippen molar-refractivity contribution in [3.8, 4) is 0 Å². The molecule has 0 saturated carbocycles. The zero-order valence-corrected chi connectivity index (χ0v) is 24.1. The van der Waals surface area contributed by atoms with Gasteiger partial charge in [-0.2, -0.15) is 0 Å². The van der Waals surface area contributed by atoms with E-state index < -0.39 is 19.4 Å². The van der Waals surface area contributed by atoms with Crippen LogP contribution in [0.3, 0.4) is 0 Å². The van der Waals surface area contributed by atoms with Crippen molar-refractivity contribution in [1.82, 2.24) is 14.9 Å². The lowest BCUT2D eigenvalue weighted by molar-refractivity contribution is -0.139. The molecule has 2 atom stereocenters. The number of ether oxygens (including phenoxy) is 1. The molecular weight excluding hydrogens is 509 g/mol. The highest BCUT2D eigenvalue weighted by Gasteiger charge is 2.45.